The maximum atomic E-state index is 14.1. The molecule has 4 aromatic carbocycles. The van der Waals surface area contributed by atoms with Gasteiger partial charge in [0.15, 0.2) is 0 Å². The van der Waals surface area contributed by atoms with Crippen molar-refractivity contribution >= 4 is 23.3 Å². The number of amides is 3. The van der Waals surface area contributed by atoms with Gasteiger partial charge in [-0.05, 0) is 46.2 Å². The third-order valence-electron chi connectivity index (χ3n) is 7.10. The summed E-state index contributed by atoms with van der Waals surface area (Å²) >= 11 is 0. The summed E-state index contributed by atoms with van der Waals surface area (Å²) in [6.45, 7) is 8.29. The van der Waals surface area contributed by atoms with Crippen LogP contribution in [-0.4, -0.2) is 30.5 Å². The number of methoxy groups -OCH3 is 1. The quantitative estimate of drug-likeness (QED) is 0.209. The molecule has 0 unspecified atom stereocenters. The van der Waals surface area contributed by atoms with Crippen molar-refractivity contribution < 1.29 is 14.3 Å². The van der Waals surface area contributed by atoms with Crippen LogP contribution in [0.4, 0.5) is 16.2 Å². The molecule has 0 saturated carbocycles. The maximum Gasteiger partial charge on any atom is 0.323 e. The van der Waals surface area contributed by atoms with Crippen molar-refractivity contribution in [3.8, 4) is 5.75 Å². The maximum absolute atomic E-state index is 14.1. The lowest BCUT2D eigenvalue weighted by Gasteiger charge is -2.33. The van der Waals surface area contributed by atoms with Gasteiger partial charge < -0.3 is 20.3 Å². The van der Waals surface area contributed by atoms with E-state index < -0.39 is 12.1 Å². The smallest absolute Gasteiger partial charge is 0.323 e. The summed E-state index contributed by atoms with van der Waals surface area (Å²) in [5, 5.41) is 6.18. The van der Waals surface area contributed by atoms with E-state index in [-0.39, 0.29) is 24.3 Å². The molecule has 4 rings (SSSR count). The zero-order chi connectivity index (χ0) is 29.4. The van der Waals surface area contributed by atoms with Crippen LogP contribution in [0.25, 0.3) is 0 Å². The van der Waals surface area contributed by atoms with Crippen LogP contribution in [-0.2, 0) is 4.79 Å². The van der Waals surface area contributed by atoms with E-state index in [4.69, 9.17) is 4.74 Å². The van der Waals surface area contributed by atoms with Crippen molar-refractivity contribution in [3.05, 3.63) is 125 Å². The van der Waals surface area contributed by atoms with Crippen LogP contribution >= 0.6 is 0 Å². The summed E-state index contributed by atoms with van der Waals surface area (Å²) in [6.07, 6.45) is 0. The minimum Gasteiger partial charge on any atom is -0.495 e. The summed E-state index contributed by atoms with van der Waals surface area (Å²) < 4.78 is 5.47. The number of carbonyl (C=O) groups excluding carboxylic acids is 2. The van der Waals surface area contributed by atoms with E-state index in [1.165, 1.54) is 0 Å². The Bertz CT molecular complexity index is 1390. The number of hydrogen-bond donors (Lipinski definition) is 2. The van der Waals surface area contributed by atoms with E-state index in [2.05, 4.69) is 50.5 Å². The Hall–Kier alpha value is -4.58. The Morgan fingerprint density at radius 1 is 0.683 bits per heavy atom. The normalized spacial score (nSPS) is 11.0. The van der Waals surface area contributed by atoms with Crippen LogP contribution in [0.3, 0.4) is 0 Å². The largest absolute Gasteiger partial charge is 0.495 e. The van der Waals surface area contributed by atoms with Gasteiger partial charge in [-0.2, -0.15) is 0 Å². The Morgan fingerprint density at radius 2 is 1.20 bits per heavy atom. The number of nitrogens with zero attached hydrogens (tertiary/aromatic N) is 1. The van der Waals surface area contributed by atoms with Gasteiger partial charge in [0.25, 0.3) is 0 Å². The van der Waals surface area contributed by atoms with E-state index in [0.29, 0.717) is 11.4 Å². The lowest BCUT2D eigenvalue weighted by molar-refractivity contribution is -0.117. The highest BCUT2D eigenvalue weighted by molar-refractivity contribution is 5.98. The number of para-hydroxylation sites is 3. The molecule has 0 aliphatic carbocycles. The number of rotatable bonds is 10. The molecule has 6 nitrogen and oxygen atoms in total. The zero-order valence-electron chi connectivity index (χ0n) is 24.4. The molecule has 4 aromatic rings. The van der Waals surface area contributed by atoms with Crippen molar-refractivity contribution in [2.45, 2.75) is 45.6 Å². The minimum atomic E-state index is -0.511. The molecule has 0 atom stereocenters. The molecular weight excluding hydrogens is 510 g/mol. The molecule has 0 aromatic heterocycles. The monoisotopic (exact) mass is 549 g/mol. The predicted octanol–water partition coefficient (Wildman–Crippen LogP) is 8.20. The molecule has 0 bridgehead atoms. The first-order valence-electron chi connectivity index (χ1n) is 14.0. The number of ether oxygens (including phenoxy) is 1. The minimum absolute atomic E-state index is 0.167. The average Bonchev–Trinajstić information content (AvgIpc) is 2.98. The molecule has 0 saturated heterocycles. The lowest BCUT2D eigenvalue weighted by atomic mass is 9.92. The van der Waals surface area contributed by atoms with Crippen molar-refractivity contribution in [1.82, 2.24) is 4.90 Å². The highest BCUT2D eigenvalue weighted by Crippen LogP contribution is 2.34. The number of carbonyl (C=O) groups is 2. The van der Waals surface area contributed by atoms with Gasteiger partial charge >= 0.3 is 6.03 Å². The fourth-order valence-corrected chi connectivity index (χ4v) is 5.07. The van der Waals surface area contributed by atoms with Crippen molar-refractivity contribution in [2.24, 2.45) is 0 Å². The second-order valence-electron chi connectivity index (χ2n) is 10.7. The number of benzene rings is 4. The summed E-state index contributed by atoms with van der Waals surface area (Å²) in [7, 11) is 1.56. The first-order chi connectivity index (χ1) is 19.8. The van der Waals surface area contributed by atoms with Gasteiger partial charge in [0.05, 0.1) is 18.8 Å². The summed E-state index contributed by atoms with van der Waals surface area (Å²) in [6, 6.07) is 32.0. The van der Waals surface area contributed by atoms with Gasteiger partial charge in [-0.25, -0.2) is 4.79 Å². The third kappa shape index (κ3) is 7.14. The molecule has 212 valence electrons. The van der Waals surface area contributed by atoms with Crippen molar-refractivity contribution in [2.75, 3.05) is 24.3 Å². The molecule has 2 N–H and O–H groups in total. The highest BCUT2D eigenvalue weighted by atomic mass is 16.5. The van der Waals surface area contributed by atoms with Crippen LogP contribution in [0, 0.1) is 0 Å². The van der Waals surface area contributed by atoms with Gasteiger partial charge in [-0.15, -0.1) is 0 Å². The molecule has 3 amide bonds. The number of nitrogens with one attached hydrogen (secondary N) is 2. The van der Waals surface area contributed by atoms with E-state index in [0.717, 1.165) is 27.9 Å². The summed E-state index contributed by atoms with van der Waals surface area (Å²) in [5.74, 6) is 0.700. The summed E-state index contributed by atoms with van der Waals surface area (Å²) in [5.41, 5.74) is 5.27. The molecular formula is C35H39N3O3. The van der Waals surface area contributed by atoms with Crippen LogP contribution in [0.15, 0.2) is 103 Å². The second-order valence-corrected chi connectivity index (χ2v) is 10.7. The first-order valence-corrected chi connectivity index (χ1v) is 14.0. The Labute approximate surface area is 243 Å². The van der Waals surface area contributed by atoms with E-state index in [9.17, 15) is 9.59 Å². The van der Waals surface area contributed by atoms with Crippen molar-refractivity contribution in [1.29, 1.82) is 0 Å². The van der Waals surface area contributed by atoms with Gasteiger partial charge in [0.2, 0.25) is 5.91 Å². The standard InChI is InChI=1S/C35H39N3O3/c1-24(2)28-19-14-20-29(25(3)4)33(28)37-32(39)23-38(35(40)36-30-21-12-13-22-31(30)41-5)34(26-15-8-6-9-16-26)27-17-10-7-11-18-27/h6-22,24-25,34H,23H2,1-5H3,(H,36,40)(H,37,39). The van der Waals surface area contributed by atoms with Gasteiger partial charge in [-0.1, -0.05) is 119 Å². The third-order valence-corrected chi connectivity index (χ3v) is 7.10. The molecule has 0 radical (unpaired) electrons. The van der Waals surface area contributed by atoms with Gasteiger partial charge in [0.1, 0.15) is 12.3 Å². The number of hydrogen-bond acceptors (Lipinski definition) is 3. The van der Waals surface area contributed by atoms with Gasteiger partial charge in [-0.3, -0.25) is 4.79 Å². The van der Waals surface area contributed by atoms with E-state index >= 15 is 0 Å². The predicted molar refractivity (Wildman–Crippen MR) is 167 cm³/mol. The Kier molecular flexibility index (Phi) is 9.80. The lowest BCUT2D eigenvalue weighted by Crippen LogP contribution is -2.43. The number of urea groups is 1. The van der Waals surface area contributed by atoms with Crippen molar-refractivity contribution in [3.63, 3.8) is 0 Å². The average molecular weight is 550 g/mol. The fourth-order valence-electron chi connectivity index (χ4n) is 5.07. The van der Waals surface area contributed by atoms with Crippen LogP contribution < -0.4 is 15.4 Å². The van der Waals surface area contributed by atoms with E-state index in [1.54, 1.807) is 24.1 Å². The van der Waals surface area contributed by atoms with Crippen LogP contribution in [0.2, 0.25) is 0 Å². The fraction of sp³-hybridized carbons (Fsp3) is 0.257. The number of anilines is 2. The first kappa shape index (κ1) is 29.4. The molecule has 0 aliphatic rings. The van der Waals surface area contributed by atoms with Gasteiger partial charge in [0, 0.05) is 5.69 Å². The molecule has 0 heterocycles. The SMILES string of the molecule is COc1ccccc1NC(=O)N(CC(=O)Nc1c(C(C)C)cccc1C(C)C)C(c1ccccc1)c1ccccc1. The topological polar surface area (TPSA) is 70.7 Å². The van der Waals surface area contributed by atoms with Crippen LogP contribution in [0.5, 0.6) is 5.75 Å². The summed E-state index contributed by atoms with van der Waals surface area (Å²) in [4.78, 5) is 29.5. The molecule has 41 heavy (non-hydrogen) atoms. The molecule has 0 aliphatic heterocycles. The Balaban J connectivity index is 1.76. The molecule has 0 fully saturated rings. The zero-order valence-corrected chi connectivity index (χ0v) is 24.4. The molecule has 6 heteroatoms. The second kappa shape index (κ2) is 13.7. The van der Waals surface area contributed by atoms with Crippen LogP contribution in [0.1, 0.15) is 67.8 Å². The Morgan fingerprint density at radius 3 is 1.71 bits per heavy atom. The van der Waals surface area contributed by atoms with E-state index in [1.807, 2.05) is 78.9 Å². The highest BCUT2D eigenvalue weighted by Gasteiger charge is 2.30. The molecule has 0 spiro atoms.